The van der Waals surface area contributed by atoms with Gasteiger partial charge in [-0.1, -0.05) is 13.0 Å². The highest BCUT2D eigenvalue weighted by molar-refractivity contribution is 7.89. The highest BCUT2D eigenvalue weighted by Gasteiger charge is 2.29. The zero-order chi connectivity index (χ0) is 17.3. The van der Waals surface area contributed by atoms with E-state index in [-0.39, 0.29) is 5.91 Å². The van der Waals surface area contributed by atoms with Crippen LogP contribution in [0, 0.1) is 5.92 Å². The Bertz CT molecular complexity index is 775. The summed E-state index contributed by atoms with van der Waals surface area (Å²) < 4.78 is 27.3. The number of benzene rings is 1. The van der Waals surface area contributed by atoms with E-state index in [1.807, 2.05) is 13.0 Å². The molecule has 0 atom stereocenters. The van der Waals surface area contributed by atoms with E-state index in [0.717, 1.165) is 24.0 Å². The first-order chi connectivity index (χ1) is 11.4. The van der Waals surface area contributed by atoms with Crippen molar-refractivity contribution in [2.24, 2.45) is 5.92 Å². The van der Waals surface area contributed by atoms with E-state index in [9.17, 15) is 13.2 Å². The quantitative estimate of drug-likeness (QED) is 0.907. The van der Waals surface area contributed by atoms with Crippen molar-refractivity contribution in [2.45, 2.75) is 38.0 Å². The van der Waals surface area contributed by atoms with Gasteiger partial charge in [-0.25, -0.2) is 8.42 Å². The molecule has 0 aromatic heterocycles. The van der Waals surface area contributed by atoms with Gasteiger partial charge in [-0.2, -0.15) is 4.31 Å². The minimum Gasteiger partial charge on any atom is -0.353 e. The molecule has 1 aromatic carbocycles. The number of sulfonamides is 1. The predicted molar refractivity (Wildman–Crippen MR) is 94.0 cm³/mol. The van der Waals surface area contributed by atoms with Crippen LogP contribution >= 0.6 is 0 Å². The van der Waals surface area contributed by atoms with Crippen molar-refractivity contribution >= 4 is 22.0 Å². The molecular weight excluding hydrogens is 324 g/mol. The molecular formula is C18H24N2O3S. The van der Waals surface area contributed by atoms with Gasteiger partial charge < -0.3 is 5.32 Å². The average Bonchev–Trinajstić information content (AvgIpc) is 2.98. The van der Waals surface area contributed by atoms with Crippen LogP contribution in [0.2, 0.25) is 0 Å². The molecule has 0 bridgehead atoms. The number of carbonyl (C=O) groups is 1. The zero-order valence-corrected chi connectivity index (χ0v) is 15.0. The highest BCUT2D eigenvalue weighted by atomic mass is 32.2. The monoisotopic (exact) mass is 348 g/mol. The third-order valence-electron chi connectivity index (χ3n) is 4.84. The number of carbonyl (C=O) groups excluding carboxylic acids is 1. The smallest absolute Gasteiger partial charge is 0.247 e. The summed E-state index contributed by atoms with van der Waals surface area (Å²) in [5.74, 6) is 0.502. The first kappa shape index (κ1) is 17.2. The number of hydrogen-bond donors (Lipinski definition) is 1. The van der Waals surface area contributed by atoms with Crippen LogP contribution in [-0.4, -0.2) is 38.3 Å². The van der Waals surface area contributed by atoms with Crippen LogP contribution in [0.4, 0.5) is 0 Å². The summed E-state index contributed by atoms with van der Waals surface area (Å²) in [6.07, 6.45) is 4.18. The summed E-state index contributed by atoms with van der Waals surface area (Å²) in [6.45, 7) is 5.79. The van der Waals surface area contributed by atoms with Crippen molar-refractivity contribution in [3.8, 4) is 0 Å². The van der Waals surface area contributed by atoms with Crippen LogP contribution in [0.3, 0.4) is 0 Å². The standard InChI is InChI=1S/C18H24N2O3S/c1-3-19-18(21)16-10-14-4-5-17(12-15(14)11-16)24(22,23)20-8-6-13(2)7-9-20/h4-5,11-13H,3,6-10H2,1-2H3,(H,19,21). The van der Waals surface area contributed by atoms with Gasteiger partial charge in [0.1, 0.15) is 0 Å². The van der Waals surface area contributed by atoms with Crippen LogP contribution in [0.5, 0.6) is 0 Å². The van der Waals surface area contributed by atoms with Gasteiger partial charge in [-0.05, 0) is 55.0 Å². The molecule has 1 amide bonds. The molecule has 1 saturated heterocycles. The number of rotatable bonds is 4. The molecule has 1 N–H and O–H groups in total. The van der Waals surface area contributed by atoms with Crippen molar-refractivity contribution in [2.75, 3.05) is 19.6 Å². The minimum absolute atomic E-state index is 0.0804. The van der Waals surface area contributed by atoms with E-state index in [4.69, 9.17) is 0 Å². The molecule has 1 fully saturated rings. The number of nitrogens with zero attached hydrogens (tertiary/aromatic N) is 1. The molecule has 2 aliphatic rings. The first-order valence-corrected chi connectivity index (χ1v) is 9.97. The fourth-order valence-corrected chi connectivity index (χ4v) is 4.77. The van der Waals surface area contributed by atoms with Gasteiger partial charge in [0.2, 0.25) is 15.9 Å². The van der Waals surface area contributed by atoms with Crippen molar-refractivity contribution in [1.29, 1.82) is 0 Å². The topological polar surface area (TPSA) is 66.5 Å². The second-order valence-corrected chi connectivity index (χ2v) is 8.59. The third kappa shape index (κ3) is 3.26. The molecule has 0 radical (unpaired) electrons. The average molecular weight is 348 g/mol. The lowest BCUT2D eigenvalue weighted by molar-refractivity contribution is -0.117. The molecule has 3 rings (SSSR count). The highest BCUT2D eigenvalue weighted by Crippen LogP contribution is 2.30. The molecule has 130 valence electrons. The van der Waals surface area contributed by atoms with Gasteiger partial charge in [-0.15, -0.1) is 0 Å². The van der Waals surface area contributed by atoms with E-state index in [1.165, 1.54) is 0 Å². The van der Waals surface area contributed by atoms with E-state index in [2.05, 4.69) is 12.2 Å². The van der Waals surface area contributed by atoms with Gasteiger partial charge in [0.05, 0.1) is 4.90 Å². The van der Waals surface area contributed by atoms with Crippen LogP contribution in [0.15, 0.2) is 28.7 Å². The SMILES string of the molecule is CCNC(=O)C1=Cc2cc(S(=O)(=O)N3CCC(C)CC3)ccc2C1. The van der Waals surface area contributed by atoms with Crippen LogP contribution in [0.25, 0.3) is 6.08 Å². The molecule has 1 aliphatic carbocycles. The number of nitrogens with one attached hydrogen (secondary N) is 1. The second-order valence-electron chi connectivity index (χ2n) is 6.65. The molecule has 1 heterocycles. The fourth-order valence-electron chi connectivity index (χ4n) is 3.27. The lowest BCUT2D eigenvalue weighted by Gasteiger charge is -2.29. The van der Waals surface area contributed by atoms with Crippen LogP contribution in [-0.2, 0) is 21.2 Å². The molecule has 1 aliphatic heterocycles. The fraction of sp³-hybridized carbons (Fsp3) is 0.500. The summed E-state index contributed by atoms with van der Waals surface area (Å²) in [5.41, 5.74) is 2.53. The third-order valence-corrected chi connectivity index (χ3v) is 6.73. The molecule has 0 saturated carbocycles. The van der Waals surface area contributed by atoms with Crippen LogP contribution in [0.1, 0.15) is 37.8 Å². The minimum atomic E-state index is -3.45. The van der Waals surface area contributed by atoms with E-state index in [1.54, 1.807) is 22.5 Å². The molecule has 0 unspecified atom stereocenters. The van der Waals surface area contributed by atoms with Gasteiger partial charge in [0, 0.05) is 31.6 Å². The Morgan fingerprint density at radius 3 is 2.67 bits per heavy atom. The molecule has 24 heavy (non-hydrogen) atoms. The van der Waals surface area contributed by atoms with E-state index in [0.29, 0.717) is 42.4 Å². The van der Waals surface area contributed by atoms with E-state index >= 15 is 0 Å². The summed E-state index contributed by atoms with van der Waals surface area (Å²) in [4.78, 5) is 12.3. The lowest BCUT2D eigenvalue weighted by atomic mass is 10.0. The Labute approximate surface area is 143 Å². The molecule has 1 aromatic rings. The Hall–Kier alpha value is -1.66. The zero-order valence-electron chi connectivity index (χ0n) is 14.2. The maximum Gasteiger partial charge on any atom is 0.247 e. The van der Waals surface area contributed by atoms with Crippen molar-refractivity contribution in [3.63, 3.8) is 0 Å². The Kier molecular flexibility index (Phi) is 4.78. The Morgan fingerprint density at radius 1 is 1.29 bits per heavy atom. The number of amides is 1. The Balaban J connectivity index is 1.84. The van der Waals surface area contributed by atoms with Gasteiger partial charge >= 0.3 is 0 Å². The van der Waals surface area contributed by atoms with E-state index < -0.39 is 10.0 Å². The molecule has 6 heteroatoms. The maximum absolute atomic E-state index is 12.8. The van der Waals surface area contributed by atoms with Crippen molar-refractivity contribution in [1.82, 2.24) is 9.62 Å². The maximum atomic E-state index is 12.8. The second kappa shape index (κ2) is 6.69. The number of hydrogen-bond acceptors (Lipinski definition) is 3. The summed E-state index contributed by atoms with van der Waals surface area (Å²) in [5, 5.41) is 2.79. The van der Waals surface area contributed by atoms with Crippen molar-refractivity contribution in [3.05, 3.63) is 34.9 Å². The summed E-state index contributed by atoms with van der Waals surface area (Å²) >= 11 is 0. The normalized spacial score (nSPS) is 19.0. The largest absolute Gasteiger partial charge is 0.353 e. The molecule has 0 spiro atoms. The number of piperidine rings is 1. The number of fused-ring (bicyclic) bond motifs is 1. The van der Waals surface area contributed by atoms with Crippen LogP contribution < -0.4 is 5.32 Å². The van der Waals surface area contributed by atoms with Gasteiger partial charge in [-0.3, -0.25) is 4.79 Å². The van der Waals surface area contributed by atoms with Gasteiger partial charge in [0.25, 0.3) is 0 Å². The first-order valence-electron chi connectivity index (χ1n) is 8.53. The summed E-state index contributed by atoms with van der Waals surface area (Å²) in [7, 11) is -3.45. The lowest BCUT2D eigenvalue weighted by Crippen LogP contribution is -2.37. The summed E-state index contributed by atoms with van der Waals surface area (Å²) in [6, 6.07) is 5.20. The number of likely N-dealkylation sites (N-methyl/N-ethyl adjacent to an activating group) is 1. The van der Waals surface area contributed by atoms with Crippen molar-refractivity contribution < 1.29 is 13.2 Å². The predicted octanol–water partition coefficient (Wildman–Crippen LogP) is 2.18. The molecule has 5 nitrogen and oxygen atoms in total. The van der Waals surface area contributed by atoms with Gasteiger partial charge in [0.15, 0.2) is 0 Å². The Morgan fingerprint density at radius 2 is 2.00 bits per heavy atom.